The summed E-state index contributed by atoms with van der Waals surface area (Å²) in [6.07, 6.45) is 2.52. The normalized spacial score (nSPS) is 16.3. The maximum Gasteiger partial charge on any atom is 0.240 e. The zero-order chi connectivity index (χ0) is 21.0. The number of carbonyl (C=O) groups excluding carboxylic acids is 1. The molecule has 0 atom stereocenters. The van der Waals surface area contributed by atoms with E-state index < -0.39 is 10.0 Å². The number of benzene rings is 2. The third kappa shape index (κ3) is 4.76. The van der Waals surface area contributed by atoms with Gasteiger partial charge in [0.15, 0.2) is 11.5 Å². The lowest BCUT2D eigenvalue weighted by Gasteiger charge is -2.20. The Morgan fingerprint density at radius 1 is 0.967 bits per heavy atom. The van der Waals surface area contributed by atoms with Crippen LogP contribution >= 0.6 is 0 Å². The lowest BCUT2D eigenvalue weighted by atomic mass is 10.0. The third-order valence-electron chi connectivity index (χ3n) is 5.43. The van der Waals surface area contributed by atoms with Crippen LogP contribution in [0, 0.1) is 0 Å². The topological polar surface area (TPSA) is 84.9 Å². The second kappa shape index (κ2) is 9.06. The van der Waals surface area contributed by atoms with Crippen LogP contribution in [0.2, 0.25) is 0 Å². The van der Waals surface area contributed by atoms with Gasteiger partial charge in [0.2, 0.25) is 15.9 Å². The summed E-state index contributed by atoms with van der Waals surface area (Å²) in [5.74, 6) is 0.934. The zero-order valence-corrected chi connectivity index (χ0v) is 17.6. The van der Waals surface area contributed by atoms with Crippen LogP contribution in [-0.4, -0.2) is 52.1 Å². The van der Waals surface area contributed by atoms with Crippen LogP contribution in [0.3, 0.4) is 0 Å². The van der Waals surface area contributed by atoms with Crippen molar-refractivity contribution in [1.82, 2.24) is 9.62 Å². The lowest BCUT2D eigenvalue weighted by molar-refractivity contribution is -0.130. The minimum atomic E-state index is -3.74. The Balaban J connectivity index is 1.32. The number of amides is 1. The Labute approximate surface area is 177 Å². The number of sulfonamides is 1. The van der Waals surface area contributed by atoms with E-state index >= 15 is 0 Å². The van der Waals surface area contributed by atoms with Crippen LogP contribution in [-0.2, 0) is 27.7 Å². The highest BCUT2D eigenvalue weighted by molar-refractivity contribution is 7.89. The highest BCUT2D eigenvalue weighted by Gasteiger charge is 2.21. The van der Waals surface area contributed by atoms with Crippen LogP contribution in [0.25, 0.3) is 0 Å². The molecular weight excluding hydrogens is 404 g/mol. The molecule has 2 aromatic carbocycles. The molecule has 2 aliphatic heterocycles. The van der Waals surface area contributed by atoms with Crippen LogP contribution in [0.1, 0.15) is 24.0 Å². The fraction of sp³-hybridized carbons (Fsp3) is 0.409. The van der Waals surface area contributed by atoms with Crippen molar-refractivity contribution >= 4 is 15.9 Å². The van der Waals surface area contributed by atoms with Crippen molar-refractivity contribution in [3.63, 3.8) is 0 Å². The number of nitrogens with one attached hydrogen (secondary N) is 1. The highest BCUT2D eigenvalue weighted by Crippen LogP contribution is 2.31. The van der Waals surface area contributed by atoms with E-state index in [2.05, 4.69) is 16.9 Å². The molecule has 1 N–H and O–H groups in total. The standard InChI is InChI=1S/C22H26N2O5S/c25-22(24-12-9-17-4-1-2-5-18(17)10-13-24)8-11-23-30(26,27)19-6-7-20-21(16-19)29-15-3-14-28-20/h1-2,4-7,16,23H,3,8-15H2. The highest BCUT2D eigenvalue weighted by atomic mass is 32.2. The van der Waals surface area contributed by atoms with Gasteiger partial charge in [-0.1, -0.05) is 24.3 Å². The maximum atomic E-state index is 12.6. The second-order valence-electron chi connectivity index (χ2n) is 7.46. The number of fused-ring (bicyclic) bond motifs is 2. The molecule has 7 nitrogen and oxygen atoms in total. The molecule has 0 saturated heterocycles. The van der Waals surface area contributed by atoms with Gasteiger partial charge in [-0.15, -0.1) is 0 Å². The average molecular weight is 431 g/mol. The van der Waals surface area contributed by atoms with Gasteiger partial charge in [-0.3, -0.25) is 4.79 Å². The van der Waals surface area contributed by atoms with Crippen LogP contribution < -0.4 is 14.2 Å². The van der Waals surface area contributed by atoms with Gasteiger partial charge >= 0.3 is 0 Å². The van der Waals surface area contributed by atoms with Gasteiger partial charge in [0.05, 0.1) is 18.1 Å². The van der Waals surface area contributed by atoms with Crippen molar-refractivity contribution in [2.75, 3.05) is 32.8 Å². The Kier molecular flexibility index (Phi) is 6.24. The van der Waals surface area contributed by atoms with Gasteiger partial charge in [-0.2, -0.15) is 0 Å². The van der Waals surface area contributed by atoms with E-state index in [0.717, 1.165) is 19.3 Å². The molecular formula is C22H26N2O5S. The van der Waals surface area contributed by atoms with Crippen molar-refractivity contribution in [1.29, 1.82) is 0 Å². The van der Waals surface area contributed by atoms with Gasteiger partial charge in [0.25, 0.3) is 0 Å². The van der Waals surface area contributed by atoms with E-state index in [9.17, 15) is 13.2 Å². The van der Waals surface area contributed by atoms with Crippen molar-refractivity contribution in [3.05, 3.63) is 53.6 Å². The van der Waals surface area contributed by atoms with Gasteiger partial charge < -0.3 is 14.4 Å². The molecule has 2 aliphatic rings. The lowest BCUT2D eigenvalue weighted by Crippen LogP contribution is -2.36. The summed E-state index contributed by atoms with van der Waals surface area (Å²) in [7, 11) is -3.74. The van der Waals surface area contributed by atoms with Crippen molar-refractivity contribution in [2.45, 2.75) is 30.6 Å². The van der Waals surface area contributed by atoms with E-state index in [4.69, 9.17) is 9.47 Å². The maximum absolute atomic E-state index is 12.6. The predicted molar refractivity (Wildman–Crippen MR) is 112 cm³/mol. The molecule has 2 aromatic rings. The Hall–Kier alpha value is -2.58. The van der Waals surface area contributed by atoms with E-state index in [0.29, 0.717) is 37.8 Å². The van der Waals surface area contributed by atoms with Crippen LogP contribution in [0.4, 0.5) is 0 Å². The minimum Gasteiger partial charge on any atom is -0.490 e. The average Bonchev–Trinajstić information content (AvgIpc) is 3.11. The third-order valence-corrected chi connectivity index (χ3v) is 6.89. The fourth-order valence-corrected chi connectivity index (χ4v) is 4.81. The largest absolute Gasteiger partial charge is 0.490 e. The summed E-state index contributed by atoms with van der Waals surface area (Å²) in [4.78, 5) is 14.5. The zero-order valence-electron chi connectivity index (χ0n) is 16.8. The number of ether oxygens (including phenoxy) is 2. The fourth-order valence-electron chi connectivity index (χ4n) is 3.76. The number of nitrogens with zero attached hydrogens (tertiary/aromatic N) is 1. The molecule has 2 heterocycles. The van der Waals surface area contributed by atoms with Crippen molar-refractivity contribution in [3.8, 4) is 11.5 Å². The second-order valence-corrected chi connectivity index (χ2v) is 9.22. The molecule has 0 fully saturated rings. The number of rotatable bonds is 5. The first-order chi connectivity index (χ1) is 14.5. The van der Waals surface area contributed by atoms with E-state index in [1.807, 2.05) is 17.0 Å². The predicted octanol–water partition coefficient (Wildman–Crippen LogP) is 2.14. The Bertz CT molecular complexity index is 995. The van der Waals surface area contributed by atoms with Gasteiger partial charge in [0.1, 0.15) is 0 Å². The van der Waals surface area contributed by atoms with Crippen molar-refractivity contribution in [2.24, 2.45) is 0 Å². The van der Waals surface area contributed by atoms with E-state index in [1.54, 1.807) is 6.07 Å². The smallest absolute Gasteiger partial charge is 0.240 e. The minimum absolute atomic E-state index is 0.0378. The molecule has 8 heteroatoms. The SMILES string of the molecule is O=C(CCNS(=O)(=O)c1ccc2c(c1)OCCCO2)N1CCc2ccccc2CC1. The van der Waals surface area contributed by atoms with Gasteiger partial charge in [-0.05, 0) is 36.1 Å². The van der Waals surface area contributed by atoms with Gasteiger partial charge in [0, 0.05) is 38.5 Å². The molecule has 0 bridgehead atoms. The summed E-state index contributed by atoms with van der Waals surface area (Å²) in [5.41, 5.74) is 2.56. The first-order valence-electron chi connectivity index (χ1n) is 10.3. The first kappa shape index (κ1) is 20.7. The molecule has 0 saturated carbocycles. The summed E-state index contributed by atoms with van der Waals surface area (Å²) in [6.45, 7) is 2.40. The molecule has 160 valence electrons. The monoisotopic (exact) mass is 430 g/mol. The Morgan fingerprint density at radius 3 is 2.33 bits per heavy atom. The molecule has 0 spiro atoms. The summed E-state index contributed by atoms with van der Waals surface area (Å²) in [6, 6.07) is 12.8. The molecule has 0 aliphatic carbocycles. The molecule has 4 rings (SSSR count). The molecule has 1 amide bonds. The Morgan fingerprint density at radius 2 is 1.63 bits per heavy atom. The van der Waals surface area contributed by atoms with Gasteiger partial charge in [-0.25, -0.2) is 13.1 Å². The summed E-state index contributed by atoms with van der Waals surface area (Å²) in [5, 5.41) is 0. The number of hydrogen-bond acceptors (Lipinski definition) is 5. The molecule has 0 aromatic heterocycles. The van der Waals surface area contributed by atoms with E-state index in [1.165, 1.54) is 23.3 Å². The molecule has 30 heavy (non-hydrogen) atoms. The first-order valence-corrected chi connectivity index (χ1v) is 11.8. The number of carbonyl (C=O) groups is 1. The van der Waals surface area contributed by atoms with Crippen LogP contribution in [0.5, 0.6) is 11.5 Å². The molecule has 0 unspecified atom stereocenters. The van der Waals surface area contributed by atoms with Crippen molar-refractivity contribution < 1.29 is 22.7 Å². The quantitative estimate of drug-likeness (QED) is 0.786. The summed E-state index contributed by atoms with van der Waals surface area (Å²) >= 11 is 0. The summed E-state index contributed by atoms with van der Waals surface area (Å²) < 4.78 is 38.9. The van der Waals surface area contributed by atoms with Crippen LogP contribution in [0.15, 0.2) is 47.4 Å². The van der Waals surface area contributed by atoms with E-state index in [-0.39, 0.29) is 23.8 Å². The number of hydrogen-bond donors (Lipinski definition) is 1. The molecule has 0 radical (unpaired) electrons.